The molecule has 1 fully saturated rings. The number of hydrogen-bond donors (Lipinski definition) is 1. The van der Waals surface area contributed by atoms with E-state index in [2.05, 4.69) is 53.0 Å². The van der Waals surface area contributed by atoms with Crippen molar-refractivity contribution in [2.75, 3.05) is 0 Å². The zero-order valence-corrected chi connectivity index (χ0v) is 12.3. The average molecular weight is 269 g/mol. The van der Waals surface area contributed by atoms with Gasteiger partial charge in [0.1, 0.15) is 0 Å². The SMILES string of the molecule is Cc1ccc(C2CC(NC(C)Cn3ccnc3)C2)cc1. The zero-order chi connectivity index (χ0) is 13.9. The number of rotatable bonds is 5. The Labute approximate surface area is 121 Å². The van der Waals surface area contributed by atoms with Gasteiger partial charge in [0.15, 0.2) is 0 Å². The summed E-state index contributed by atoms with van der Waals surface area (Å²) < 4.78 is 2.13. The third-order valence-electron chi connectivity index (χ3n) is 4.25. The summed E-state index contributed by atoms with van der Waals surface area (Å²) in [4.78, 5) is 4.08. The molecule has 1 aliphatic rings. The van der Waals surface area contributed by atoms with Crippen LogP contribution in [-0.4, -0.2) is 21.6 Å². The summed E-state index contributed by atoms with van der Waals surface area (Å²) in [5, 5.41) is 3.72. The fourth-order valence-electron chi connectivity index (χ4n) is 3.03. The summed E-state index contributed by atoms with van der Waals surface area (Å²) in [6.45, 7) is 5.39. The molecule has 106 valence electrons. The lowest BCUT2D eigenvalue weighted by Gasteiger charge is -2.38. The molecular formula is C17H23N3. The summed E-state index contributed by atoms with van der Waals surface area (Å²) in [7, 11) is 0. The van der Waals surface area contributed by atoms with Crippen molar-refractivity contribution in [1.29, 1.82) is 0 Å². The Kier molecular flexibility index (Phi) is 3.88. The van der Waals surface area contributed by atoms with Gasteiger partial charge in [-0.3, -0.25) is 0 Å². The van der Waals surface area contributed by atoms with Crippen LogP contribution in [0.2, 0.25) is 0 Å². The van der Waals surface area contributed by atoms with E-state index in [9.17, 15) is 0 Å². The van der Waals surface area contributed by atoms with Gasteiger partial charge in [-0.1, -0.05) is 29.8 Å². The van der Waals surface area contributed by atoms with Crippen molar-refractivity contribution in [3.05, 3.63) is 54.1 Å². The summed E-state index contributed by atoms with van der Waals surface area (Å²) >= 11 is 0. The Morgan fingerprint density at radius 2 is 2.05 bits per heavy atom. The average Bonchev–Trinajstić information content (AvgIpc) is 2.87. The summed E-state index contributed by atoms with van der Waals surface area (Å²) in [6, 6.07) is 10.2. The molecule has 1 aliphatic carbocycles. The number of aromatic nitrogens is 2. The van der Waals surface area contributed by atoms with Gasteiger partial charge in [0.25, 0.3) is 0 Å². The first-order chi connectivity index (χ1) is 9.70. The number of benzene rings is 1. The van der Waals surface area contributed by atoms with Gasteiger partial charge in [-0.05, 0) is 38.2 Å². The number of nitrogens with one attached hydrogen (secondary N) is 1. The van der Waals surface area contributed by atoms with Crippen molar-refractivity contribution in [1.82, 2.24) is 14.9 Å². The molecule has 0 spiro atoms. The molecule has 2 aromatic rings. The van der Waals surface area contributed by atoms with Crippen LogP contribution in [0.4, 0.5) is 0 Å². The van der Waals surface area contributed by atoms with Gasteiger partial charge in [-0.25, -0.2) is 4.98 Å². The van der Waals surface area contributed by atoms with E-state index >= 15 is 0 Å². The first-order valence-electron chi connectivity index (χ1n) is 7.49. The third kappa shape index (κ3) is 3.10. The minimum Gasteiger partial charge on any atom is -0.336 e. The fourth-order valence-corrected chi connectivity index (χ4v) is 3.03. The molecule has 0 aliphatic heterocycles. The normalized spacial score (nSPS) is 23.3. The highest BCUT2D eigenvalue weighted by atomic mass is 15.1. The van der Waals surface area contributed by atoms with E-state index in [4.69, 9.17) is 0 Å². The highest BCUT2D eigenvalue weighted by Gasteiger charge is 2.30. The maximum Gasteiger partial charge on any atom is 0.0946 e. The van der Waals surface area contributed by atoms with Crippen LogP contribution < -0.4 is 5.32 Å². The van der Waals surface area contributed by atoms with Crippen LogP contribution in [0.15, 0.2) is 43.0 Å². The maximum atomic E-state index is 4.08. The monoisotopic (exact) mass is 269 g/mol. The second-order valence-electron chi connectivity index (χ2n) is 6.10. The topological polar surface area (TPSA) is 29.9 Å². The van der Waals surface area contributed by atoms with Gasteiger partial charge in [0, 0.05) is 31.0 Å². The number of nitrogens with zero attached hydrogens (tertiary/aromatic N) is 2. The largest absolute Gasteiger partial charge is 0.336 e. The molecule has 1 aromatic heterocycles. The lowest BCUT2D eigenvalue weighted by molar-refractivity contribution is 0.260. The third-order valence-corrected chi connectivity index (χ3v) is 4.25. The van der Waals surface area contributed by atoms with Crippen LogP contribution in [0.25, 0.3) is 0 Å². The van der Waals surface area contributed by atoms with Crippen LogP contribution in [0.3, 0.4) is 0 Å². The Balaban J connectivity index is 1.45. The minimum absolute atomic E-state index is 0.494. The molecule has 3 heteroatoms. The van der Waals surface area contributed by atoms with Crippen molar-refractivity contribution >= 4 is 0 Å². The first kappa shape index (κ1) is 13.4. The lowest BCUT2D eigenvalue weighted by Crippen LogP contribution is -2.45. The predicted octanol–water partition coefficient (Wildman–Crippen LogP) is 3.12. The molecule has 1 N–H and O–H groups in total. The molecule has 0 saturated heterocycles. The van der Waals surface area contributed by atoms with Gasteiger partial charge in [0.2, 0.25) is 0 Å². The van der Waals surface area contributed by atoms with E-state index < -0.39 is 0 Å². The standard InChI is InChI=1S/C17H23N3/c1-13-3-5-15(6-4-13)16-9-17(10-16)19-14(2)11-20-8-7-18-12-20/h3-8,12,14,16-17,19H,9-11H2,1-2H3. The van der Waals surface area contributed by atoms with Crippen molar-refractivity contribution in [2.24, 2.45) is 0 Å². The van der Waals surface area contributed by atoms with Gasteiger partial charge < -0.3 is 9.88 Å². The molecule has 1 unspecified atom stereocenters. The Hall–Kier alpha value is -1.61. The highest BCUT2D eigenvalue weighted by molar-refractivity contribution is 5.26. The molecule has 0 bridgehead atoms. The lowest BCUT2D eigenvalue weighted by atomic mass is 9.75. The van der Waals surface area contributed by atoms with Crippen molar-refractivity contribution in [3.8, 4) is 0 Å². The molecule has 1 saturated carbocycles. The second kappa shape index (κ2) is 5.80. The van der Waals surface area contributed by atoms with E-state index in [0.29, 0.717) is 12.1 Å². The smallest absolute Gasteiger partial charge is 0.0946 e. The molecule has 0 amide bonds. The van der Waals surface area contributed by atoms with Crippen molar-refractivity contribution in [2.45, 2.75) is 51.2 Å². The van der Waals surface area contributed by atoms with Crippen LogP contribution in [0, 0.1) is 6.92 Å². The highest BCUT2D eigenvalue weighted by Crippen LogP contribution is 2.37. The van der Waals surface area contributed by atoms with Crippen LogP contribution >= 0.6 is 0 Å². The van der Waals surface area contributed by atoms with Crippen LogP contribution in [-0.2, 0) is 6.54 Å². The molecule has 20 heavy (non-hydrogen) atoms. The van der Waals surface area contributed by atoms with Gasteiger partial charge in [0.05, 0.1) is 6.33 Å². The van der Waals surface area contributed by atoms with E-state index in [1.165, 1.54) is 24.0 Å². The number of hydrogen-bond acceptors (Lipinski definition) is 2. The van der Waals surface area contributed by atoms with Gasteiger partial charge >= 0.3 is 0 Å². The van der Waals surface area contributed by atoms with Crippen LogP contribution in [0.5, 0.6) is 0 Å². The fraction of sp³-hybridized carbons (Fsp3) is 0.471. The van der Waals surface area contributed by atoms with E-state index in [0.717, 1.165) is 12.5 Å². The summed E-state index contributed by atoms with van der Waals surface area (Å²) in [6.07, 6.45) is 8.26. The Morgan fingerprint density at radius 1 is 1.30 bits per heavy atom. The number of imidazole rings is 1. The molecular weight excluding hydrogens is 246 g/mol. The summed E-state index contributed by atoms with van der Waals surface area (Å²) in [5.74, 6) is 0.744. The van der Waals surface area contributed by atoms with Crippen molar-refractivity contribution in [3.63, 3.8) is 0 Å². The number of aryl methyl sites for hydroxylation is 1. The van der Waals surface area contributed by atoms with Gasteiger partial charge in [-0.15, -0.1) is 0 Å². The Morgan fingerprint density at radius 3 is 2.70 bits per heavy atom. The van der Waals surface area contributed by atoms with E-state index in [1.54, 1.807) is 0 Å². The van der Waals surface area contributed by atoms with E-state index in [-0.39, 0.29) is 0 Å². The molecule has 1 aromatic carbocycles. The quantitative estimate of drug-likeness (QED) is 0.904. The van der Waals surface area contributed by atoms with Crippen LogP contribution in [0.1, 0.15) is 36.8 Å². The minimum atomic E-state index is 0.494. The second-order valence-corrected chi connectivity index (χ2v) is 6.10. The maximum absolute atomic E-state index is 4.08. The van der Waals surface area contributed by atoms with Gasteiger partial charge in [-0.2, -0.15) is 0 Å². The molecule has 3 nitrogen and oxygen atoms in total. The van der Waals surface area contributed by atoms with Crippen molar-refractivity contribution < 1.29 is 0 Å². The molecule has 1 atom stereocenters. The Bertz CT molecular complexity index is 524. The molecule has 0 radical (unpaired) electrons. The van der Waals surface area contributed by atoms with E-state index in [1.807, 2.05) is 18.7 Å². The molecule has 3 rings (SSSR count). The first-order valence-corrected chi connectivity index (χ1v) is 7.49. The predicted molar refractivity (Wildman–Crippen MR) is 81.8 cm³/mol. The zero-order valence-electron chi connectivity index (χ0n) is 12.3. The molecule has 1 heterocycles. The summed E-state index contributed by atoms with van der Waals surface area (Å²) in [5.41, 5.74) is 2.84.